The highest BCUT2D eigenvalue weighted by molar-refractivity contribution is 5.88. The molecule has 0 bridgehead atoms. The molecular formula is C13H20N4O4. The molecule has 1 aliphatic heterocycles. The molecule has 1 saturated heterocycles. The maximum atomic E-state index is 12.3. The maximum absolute atomic E-state index is 12.3. The third kappa shape index (κ3) is 3.38. The Bertz CT molecular complexity index is 520. The highest BCUT2D eigenvalue weighted by atomic mass is 16.5. The largest absolute Gasteiger partial charge is 0.464 e. The van der Waals surface area contributed by atoms with Crippen LogP contribution in [0.1, 0.15) is 35.9 Å². The Morgan fingerprint density at radius 1 is 1.33 bits per heavy atom. The van der Waals surface area contributed by atoms with Crippen molar-refractivity contribution in [1.82, 2.24) is 19.9 Å². The molecule has 0 radical (unpaired) electrons. The summed E-state index contributed by atoms with van der Waals surface area (Å²) in [4.78, 5) is 25.7. The van der Waals surface area contributed by atoms with Crippen LogP contribution in [0.4, 0.5) is 0 Å². The van der Waals surface area contributed by atoms with Gasteiger partial charge in [0, 0.05) is 13.1 Å². The van der Waals surface area contributed by atoms with E-state index >= 15 is 0 Å². The molecule has 1 aromatic rings. The van der Waals surface area contributed by atoms with Gasteiger partial charge in [0.15, 0.2) is 5.69 Å². The molecule has 8 heteroatoms. The van der Waals surface area contributed by atoms with E-state index in [4.69, 9.17) is 9.47 Å². The number of carbonyl (C=O) groups excluding carboxylic acids is 2. The Labute approximate surface area is 123 Å². The Kier molecular flexibility index (Phi) is 4.89. The first-order valence-corrected chi connectivity index (χ1v) is 6.91. The van der Waals surface area contributed by atoms with E-state index in [2.05, 4.69) is 10.3 Å². The van der Waals surface area contributed by atoms with Gasteiger partial charge in [-0.2, -0.15) is 0 Å². The van der Waals surface area contributed by atoms with Gasteiger partial charge in [-0.1, -0.05) is 19.1 Å². The summed E-state index contributed by atoms with van der Waals surface area (Å²) in [6.45, 7) is 6.16. The van der Waals surface area contributed by atoms with Gasteiger partial charge >= 0.3 is 5.97 Å². The van der Waals surface area contributed by atoms with E-state index in [0.29, 0.717) is 32.0 Å². The molecule has 1 amide bonds. The van der Waals surface area contributed by atoms with Crippen molar-refractivity contribution in [3.05, 3.63) is 11.4 Å². The van der Waals surface area contributed by atoms with E-state index in [0.717, 1.165) is 0 Å². The fourth-order valence-electron chi connectivity index (χ4n) is 2.29. The molecule has 0 saturated carbocycles. The summed E-state index contributed by atoms with van der Waals surface area (Å²) in [5, 5.41) is 7.78. The minimum Gasteiger partial charge on any atom is -0.464 e. The van der Waals surface area contributed by atoms with Crippen LogP contribution in [-0.2, 0) is 20.8 Å². The molecule has 1 aliphatic rings. The van der Waals surface area contributed by atoms with E-state index in [9.17, 15) is 9.59 Å². The lowest BCUT2D eigenvalue weighted by atomic mass is 10.1. The summed E-state index contributed by atoms with van der Waals surface area (Å²) in [5.74, 6) is -0.586. The lowest BCUT2D eigenvalue weighted by Gasteiger charge is -2.27. The molecule has 1 fully saturated rings. The van der Waals surface area contributed by atoms with Crippen LogP contribution in [0.25, 0.3) is 0 Å². The fourth-order valence-corrected chi connectivity index (χ4v) is 2.29. The second-order valence-electron chi connectivity index (χ2n) is 5.12. The number of aromatic nitrogens is 3. The van der Waals surface area contributed by atoms with E-state index in [1.165, 1.54) is 11.8 Å². The maximum Gasteiger partial charge on any atom is 0.360 e. The first kappa shape index (κ1) is 15.4. The van der Waals surface area contributed by atoms with Crippen molar-refractivity contribution in [2.45, 2.75) is 26.3 Å². The van der Waals surface area contributed by atoms with Gasteiger partial charge in [0.05, 0.1) is 26.0 Å². The molecule has 2 heterocycles. The fraction of sp³-hybridized carbons (Fsp3) is 0.692. The average molecular weight is 296 g/mol. The average Bonchev–Trinajstić information content (AvgIpc) is 2.91. The van der Waals surface area contributed by atoms with E-state index < -0.39 is 5.97 Å². The minimum atomic E-state index is -0.538. The van der Waals surface area contributed by atoms with Crippen molar-refractivity contribution in [2.75, 3.05) is 33.4 Å². The second-order valence-corrected chi connectivity index (χ2v) is 5.12. The number of morpholine rings is 1. The molecule has 0 aromatic carbocycles. The number of hydrogen-bond donors (Lipinski definition) is 0. The van der Waals surface area contributed by atoms with E-state index in [1.54, 1.807) is 4.90 Å². The van der Waals surface area contributed by atoms with Crippen LogP contribution in [0.3, 0.4) is 0 Å². The number of carbonyl (C=O) groups is 2. The smallest absolute Gasteiger partial charge is 0.360 e. The lowest BCUT2D eigenvalue weighted by molar-refractivity contribution is -0.136. The number of hydrogen-bond acceptors (Lipinski definition) is 6. The van der Waals surface area contributed by atoms with Crippen LogP contribution < -0.4 is 0 Å². The normalized spacial score (nSPS) is 15.3. The monoisotopic (exact) mass is 296 g/mol. The summed E-state index contributed by atoms with van der Waals surface area (Å²) in [6, 6.07) is 0. The SMILES string of the molecule is COC(=O)c1nnn(CC(=O)N2CCOCC2)c1C(C)C. The number of nitrogens with zero attached hydrogens (tertiary/aromatic N) is 4. The molecule has 0 spiro atoms. The molecule has 0 unspecified atom stereocenters. The predicted octanol–water partition coefficient (Wildman–Crippen LogP) is 0.0469. The summed E-state index contributed by atoms with van der Waals surface area (Å²) in [7, 11) is 1.30. The third-order valence-electron chi connectivity index (χ3n) is 3.35. The van der Waals surface area contributed by atoms with Crippen LogP contribution >= 0.6 is 0 Å². The molecule has 8 nitrogen and oxygen atoms in total. The Morgan fingerprint density at radius 3 is 2.57 bits per heavy atom. The van der Waals surface area contributed by atoms with Crippen molar-refractivity contribution in [3.8, 4) is 0 Å². The van der Waals surface area contributed by atoms with Gasteiger partial charge in [-0.25, -0.2) is 9.48 Å². The number of amides is 1. The number of esters is 1. The third-order valence-corrected chi connectivity index (χ3v) is 3.35. The van der Waals surface area contributed by atoms with Gasteiger partial charge in [0.2, 0.25) is 5.91 Å². The summed E-state index contributed by atoms with van der Waals surface area (Å²) in [5.41, 5.74) is 0.783. The quantitative estimate of drug-likeness (QED) is 0.730. The molecule has 0 atom stereocenters. The van der Waals surface area contributed by atoms with Gasteiger partial charge in [-0.15, -0.1) is 5.10 Å². The van der Waals surface area contributed by atoms with Gasteiger partial charge in [0.1, 0.15) is 6.54 Å². The van der Waals surface area contributed by atoms with Crippen LogP contribution in [0.5, 0.6) is 0 Å². The van der Waals surface area contributed by atoms with Crippen molar-refractivity contribution >= 4 is 11.9 Å². The topological polar surface area (TPSA) is 86.5 Å². The van der Waals surface area contributed by atoms with Gasteiger partial charge in [0.25, 0.3) is 0 Å². The van der Waals surface area contributed by atoms with Crippen LogP contribution in [-0.4, -0.2) is 65.2 Å². The summed E-state index contributed by atoms with van der Waals surface area (Å²) < 4.78 is 11.4. The molecule has 2 rings (SSSR count). The van der Waals surface area contributed by atoms with Gasteiger partial charge in [-0.05, 0) is 5.92 Å². The van der Waals surface area contributed by atoms with Crippen LogP contribution in [0.2, 0.25) is 0 Å². The second kappa shape index (κ2) is 6.66. The zero-order valence-electron chi connectivity index (χ0n) is 12.5. The Morgan fingerprint density at radius 2 is 2.00 bits per heavy atom. The molecule has 21 heavy (non-hydrogen) atoms. The van der Waals surface area contributed by atoms with Gasteiger partial charge in [-0.3, -0.25) is 4.79 Å². The molecule has 0 aliphatic carbocycles. The lowest BCUT2D eigenvalue weighted by Crippen LogP contribution is -2.42. The zero-order chi connectivity index (χ0) is 15.4. The standard InChI is InChI=1S/C13H20N4O4/c1-9(2)12-11(13(19)20-3)14-15-17(12)8-10(18)16-4-6-21-7-5-16/h9H,4-8H2,1-3H3. The summed E-state index contributed by atoms with van der Waals surface area (Å²) in [6.07, 6.45) is 0. The van der Waals surface area contributed by atoms with E-state index in [-0.39, 0.29) is 24.1 Å². The van der Waals surface area contributed by atoms with Crippen molar-refractivity contribution in [1.29, 1.82) is 0 Å². The van der Waals surface area contributed by atoms with Crippen molar-refractivity contribution in [3.63, 3.8) is 0 Å². The van der Waals surface area contributed by atoms with E-state index in [1.807, 2.05) is 13.8 Å². The first-order chi connectivity index (χ1) is 10.0. The highest BCUT2D eigenvalue weighted by Crippen LogP contribution is 2.18. The van der Waals surface area contributed by atoms with Crippen LogP contribution in [0.15, 0.2) is 0 Å². The number of ether oxygens (including phenoxy) is 2. The number of rotatable bonds is 4. The molecule has 0 N–H and O–H groups in total. The first-order valence-electron chi connectivity index (χ1n) is 6.91. The number of methoxy groups -OCH3 is 1. The molecular weight excluding hydrogens is 276 g/mol. The highest BCUT2D eigenvalue weighted by Gasteiger charge is 2.25. The van der Waals surface area contributed by atoms with Crippen molar-refractivity contribution < 1.29 is 19.1 Å². The van der Waals surface area contributed by atoms with Crippen LogP contribution in [0, 0.1) is 0 Å². The Hall–Kier alpha value is -1.96. The van der Waals surface area contributed by atoms with Gasteiger partial charge < -0.3 is 14.4 Å². The predicted molar refractivity (Wildman–Crippen MR) is 72.8 cm³/mol. The molecule has 1 aromatic heterocycles. The van der Waals surface area contributed by atoms with Crippen molar-refractivity contribution in [2.24, 2.45) is 0 Å². The summed E-state index contributed by atoms with van der Waals surface area (Å²) >= 11 is 0. The Balaban J connectivity index is 2.17. The zero-order valence-corrected chi connectivity index (χ0v) is 12.5. The minimum absolute atomic E-state index is 0.00610. The molecule has 116 valence electrons.